The lowest BCUT2D eigenvalue weighted by Crippen LogP contribution is -1.87. The number of rotatable bonds is 1. The molecule has 3 heteroatoms. The van der Waals surface area contributed by atoms with E-state index in [0.717, 1.165) is 0 Å². The Morgan fingerprint density at radius 3 is 2.62 bits per heavy atom. The molecule has 0 radical (unpaired) electrons. The van der Waals surface area contributed by atoms with Gasteiger partial charge in [0.1, 0.15) is 6.07 Å². The maximum atomic E-state index is 8.14. The minimum atomic E-state index is 0.160. The Kier molecular flexibility index (Phi) is 3.42. The highest BCUT2D eigenvalue weighted by molar-refractivity contribution is 5.99. The topological polar surface area (TPSA) is 48.5 Å². The van der Waals surface area contributed by atoms with Crippen molar-refractivity contribution in [1.29, 1.82) is 5.26 Å². The summed E-state index contributed by atoms with van der Waals surface area (Å²) in [5, 5.41) is 8.14. The van der Waals surface area contributed by atoms with Crippen LogP contribution >= 0.6 is 0 Å². The summed E-state index contributed by atoms with van der Waals surface area (Å²) in [5.74, 6) is 0.160. The van der Waals surface area contributed by atoms with Crippen LogP contribution in [0.3, 0.4) is 0 Å². The van der Waals surface area contributed by atoms with Crippen molar-refractivity contribution < 1.29 is 0 Å². The molecule has 0 aromatic carbocycles. The number of hydrogen-bond acceptors (Lipinski definition) is 2. The van der Waals surface area contributed by atoms with Crippen molar-refractivity contribution in [2.45, 2.75) is 6.92 Å². The molecule has 0 saturated heterocycles. The zero-order valence-corrected chi connectivity index (χ0v) is 4.76. The molecule has 0 spiro atoms. The molecule has 0 N–H and O–H groups in total. The van der Waals surface area contributed by atoms with Gasteiger partial charge in [0.25, 0.3) is 0 Å². The van der Waals surface area contributed by atoms with Crippen molar-refractivity contribution >= 4 is 12.6 Å². The van der Waals surface area contributed by atoms with Crippen LogP contribution in [0, 0.1) is 11.3 Å². The Morgan fingerprint density at radius 2 is 2.50 bits per heavy atom. The Balaban J connectivity index is 3.92. The average Bonchev–Trinajstić information content (AvgIpc) is 1.83. The van der Waals surface area contributed by atoms with Gasteiger partial charge >= 0.3 is 0 Å². The fraction of sp³-hybridized carbons (Fsp3) is 0.400. The summed E-state index contributed by atoms with van der Waals surface area (Å²) in [4.78, 5) is 7.02. The number of aliphatic imine (C=N–C) groups is 2. The normalized spacial score (nSPS) is 10.2. The van der Waals surface area contributed by atoms with Crippen molar-refractivity contribution in [2.24, 2.45) is 9.98 Å². The van der Waals surface area contributed by atoms with Gasteiger partial charge < -0.3 is 0 Å². The first-order valence-electron chi connectivity index (χ1n) is 2.26. The largest absolute Gasteiger partial charge is 0.258 e. The minimum Gasteiger partial charge on any atom is -0.258 e. The molecule has 0 aliphatic carbocycles. The van der Waals surface area contributed by atoms with Crippen LogP contribution < -0.4 is 0 Å². The summed E-state index contributed by atoms with van der Waals surface area (Å²) in [5.41, 5.74) is 0. The van der Waals surface area contributed by atoms with E-state index >= 15 is 0 Å². The Bertz CT molecular complexity index is 140. The van der Waals surface area contributed by atoms with Gasteiger partial charge in [-0.25, -0.2) is 4.99 Å². The number of nitriles is 1. The first-order chi connectivity index (χ1) is 3.85. The second kappa shape index (κ2) is 4.00. The monoisotopic (exact) mass is 109 g/mol. The van der Waals surface area contributed by atoms with Crippen LogP contribution in [-0.2, 0) is 0 Å². The molecule has 3 nitrogen and oxygen atoms in total. The lowest BCUT2D eigenvalue weighted by Gasteiger charge is -1.80. The van der Waals surface area contributed by atoms with E-state index in [0.29, 0.717) is 6.54 Å². The van der Waals surface area contributed by atoms with Gasteiger partial charge in [0.2, 0.25) is 5.84 Å². The summed E-state index contributed by atoms with van der Waals surface area (Å²) in [6.07, 6.45) is 0. The molecule has 0 rings (SSSR count). The predicted octanol–water partition coefficient (Wildman–Crippen LogP) is 0.629. The van der Waals surface area contributed by atoms with E-state index in [1.165, 1.54) is 0 Å². The van der Waals surface area contributed by atoms with E-state index in [9.17, 15) is 0 Å². The Hall–Kier alpha value is -1.17. The first kappa shape index (κ1) is 6.83. The number of hydrogen-bond donors (Lipinski definition) is 0. The molecular weight excluding hydrogens is 102 g/mol. The maximum absolute atomic E-state index is 8.14. The molecule has 0 saturated carbocycles. The van der Waals surface area contributed by atoms with Crippen LogP contribution in [0.2, 0.25) is 0 Å². The highest BCUT2D eigenvalue weighted by Crippen LogP contribution is 1.75. The van der Waals surface area contributed by atoms with Gasteiger partial charge in [0, 0.05) is 6.54 Å². The summed E-state index contributed by atoms with van der Waals surface area (Å²) in [6, 6.07) is 1.77. The molecule has 0 heterocycles. The third kappa shape index (κ3) is 2.08. The smallest absolute Gasteiger partial charge is 0.226 e. The molecule has 8 heavy (non-hydrogen) atoms. The van der Waals surface area contributed by atoms with Gasteiger partial charge in [-0.3, -0.25) is 4.99 Å². The molecule has 42 valence electrons. The zero-order valence-electron chi connectivity index (χ0n) is 4.76. The molecule has 0 unspecified atom stereocenters. The summed E-state index contributed by atoms with van der Waals surface area (Å²) in [6.45, 7) is 5.57. The van der Waals surface area contributed by atoms with Gasteiger partial charge in [0.05, 0.1) is 0 Å². The van der Waals surface area contributed by atoms with Crippen molar-refractivity contribution in [3.8, 4) is 6.07 Å². The SMILES string of the molecule is C=N/C(C#N)=N\CC. The van der Waals surface area contributed by atoms with Gasteiger partial charge in [-0.15, -0.1) is 0 Å². The Morgan fingerprint density at radius 1 is 1.88 bits per heavy atom. The van der Waals surface area contributed by atoms with E-state index in [4.69, 9.17) is 5.26 Å². The van der Waals surface area contributed by atoms with Crippen LogP contribution in [0.1, 0.15) is 6.92 Å². The molecule has 0 fully saturated rings. The molecule has 0 bridgehead atoms. The molecule has 0 aromatic rings. The zero-order chi connectivity index (χ0) is 6.41. The van der Waals surface area contributed by atoms with Gasteiger partial charge in [-0.1, -0.05) is 0 Å². The third-order valence-corrected chi connectivity index (χ3v) is 0.558. The van der Waals surface area contributed by atoms with E-state index in [2.05, 4.69) is 16.7 Å². The lowest BCUT2D eigenvalue weighted by atomic mass is 10.6. The lowest BCUT2D eigenvalue weighted by molar-refractivity contribution is 1.13. The van der Waals surface area contributed by atoms with Gasteiger partial charge in [0.15, 0.2) is 0 Å². The summed E-state index contributed by atoms with van der Waals surface area (Å²) >= 11 is 0. The minimum absolute atomic E-state index is 0.160. The Labute approximate surface area is 48.4 Å². The fourth-order valence-corrected chi connectivity index (χ4v) is 0.270. The van der Waals surface area contributed by atoms with Gasteiger partial charge in [-0.05, 0) is 13.6 Å². The molecule has 0 aliphatic rings. The van der Waals surface area contributed by atoms with Crippen LogP contribution in [0.4, 0.5) is 0 Å². The average molecular weight is 109 g/mol. The van der Waals surface area contributed by atoms with Crippen molar-refractivity contribution in [2.75, 3.05) is 6.54 Å². The molecular formula is C5H7N3. The highest BCUT2D eigenvalue weighted by Gasteiger charge is 1.83. The van der Waals surface area contributed by atoms with E-state index < -0.39 is 0 Å². The van der Waals surface area contributed by atoms with Crippen LogP contribution in [0.15, 0.2) is 9.98 Å². The summed E-state index contributed by atoms with van der Waals surface area (Å²) in [7, 11) is 0. The molecule has 0 aliphatic heterocycles. The molecule has 0 atom stereocenters. The van der Waals surface area contributed by atoms with Crippen molar-refractivity contribution in [1.82, 2.24) is 0 Å². The van der Waals surface area contributed by atoms with Crippen molar-refractivity contribution in [3.63, 3.8) is 0 Å². The van der Waals surface area contributed by atoms with Crippen LogP contribution in [-0.4, -0.2) is 19.1 Å². The van der Waals surface area contributed by atoms with Crippen LogP contribution in [0.25, 0.3) is 0 Å². The summed E-state index contributed by atoms with van der Waals surface area (Å²) < 4.78 is 0. The van der Waals surface area contributed by atoms with Crippen LogP contribution in [0.5, 0.6) is 0 Å². The number of nitrogens with zero attached hydrogens (tertiary/aromatic N) is 3. The van der Waals surface area contributed by atoms with Gasteiger partial charge in [-0.2, -0.15) is 5.26 Å². The van der Waals surface area contributed by atoms with E-state index in [1.807, 2.05) is 6.92 Å². The predicted molar refractivity (Wildman–Crippen MR) is 33.1 cm³/mol. The van der Waals surface area contributed by atoms with E-state index in [1.54, 1.807) is 6.07 Å². The quantitative estimate of drug-likeness (QED) is 0.360. The molecule has 0 amide bonds. The third-order valence-electron chi connectivity index (χ3n) is 0.558. The first-order valence-corrected chi connectivity index (χ1v) is 2.26. The fourth-order valence-electron chi connectivity index (χ4n) is 0.270. The second-order valence-corrected chi connectivity index (χ2v) is 1.07. The maximum Gasteiger partial charge on any atom is 0.226 e. The second-order valence-electron chi connectivity index (χ2n) is 1.07. The van der Waals surface area contributed by atoms with E-state index in [-0.39, 0.29) is 5.84 Å². The number of amidine groups is 1. The standard InChI is InChI=1S/C5H7N3/c1-3-8-5(4-6)7-2/h2-3H2,1H3/b8-5-. The molecule has 0 aromatic heterocycles. The van der Waals surface area contributed by atoms with Crippen molar-refractivity contribution in [3.05, 3.63) is 0 Å². The highest BCUT2D eigenvalue weighted by atomic mass is 14.9.